The fraction of sp³-hybridized carbons (Fsp3) is 0.682. The Morgan fingerprint density at radius 2 is 2.08 bits per heavy atom. The molecule has 3 aliphatic rings. The van der Waals surface area contributed by atoms with E-state index in [9.17, 15) is 9.90 Å². The number of rotatable bonds is 3. The highest BCUT2D eigenvalue weighted by molar-refractivity contribution is 5.66. The summed E-state index contributed by atoms with van der Waals surface area (Å²) >= 11 is 0. The number of aliphatic hydroxyl groups excluding tert-OH is 1. The van der Waals surface area contributed by atoms with Gasteiger partial charge in [0.1, 0.15) is 12.2 Å². The molecule has 1 N–H and O–H groups in total. The van der Waals surface area contributed by atoms with Crippen molar-refractivity contribution in [2.24, 2.45) is 11.8 Å². The monoisotopic (exact) mass is 360 g/mol. The Bertz CT molecular complexity index is 645. The van der Waals surface area contributed by atoms with Crippen LogP contribution in [0.3, 0.4) is 0 Å². The first-order chi connectivity index (χ1) is 12.2. The Morgan fingerprint density at radius 1 is 1.35 bits per heavy atom. The van der Waals surface area contributed by atoms with E-state index >= 15 is 0 Å². The van der Waals surface area contributed by atoms with Crippen molar-refractivity contribution in [2.75, 3.05) is 6.61 Å². The molecule has 26 heavy (non-hydrogen) atoms. The van der Waals surface area contributed by atoms with Gasteiger partial charge >= 0.3 is 5.97 Å². The lowest BCUT2D eigenvalue weighted by Crippen LogP contribution is -2.62. The van der Waals surface area contributed by atoms with Crippen molar-refractivity contribution in [3.8, 4) is 0 Å². The molecule has 0 aromatic heterocycles. The zero-order chi connectivity index (χ0) is 19.1. The molecule has 1 spiro atoms. The van der Waals surface area contributed by atoms with Crippen molar-refractivity contribution in [3.63, 3.8) is 0 Å². The fourth-order valence-corrected chi connectivity index (χ4v) is 5.17. The maximum Gasteiger partial charge on any atom is 0.302 e. The molecule has 1 aliphatic carbocycles. The Labute approximate surface area is 156 Å². The highest BCUT2D eigenvalue weighted by Gasteiger charge is 2.57. The third-order valence-corrected chi connectivity index (χ3v) is 6.60. The number of carbonyl (C=O) groups excluding carboxylic acids is 1. The second kappa shape index (κ2) is 6.97. The zero-order valence-corrected chi connectivity index (χ0v) is 16.3. The second-order valence-electron chi connectivity index (χ2n) is 8.59. The molecule has 1 saturated heterocycles. The van der Waals surface area contributed by atoms with Gasteiger partial charge in [-0.15, -0.1) is 0 Å². The van der Waals surface area contributed by atoms with E-state index in [4.69, 9.17) is 9.47 Å². The second-order valence-corrected chi connectivity index (χ2v) is 8.59. The summed E-state index contributed by atoms with van der Waals surface area (Å²) in [5, 5.41) is 10.9. The van der Waals surface area contributed by atoms with Crippen LogP contribution in [0.5, 0.6) is 0 Å². The number of aliphatic hydroxyl groups is 1. The van der Waals surface area contributed by atoms with E-state index in [2.05, 4.69) is 26.2 Å². The lowest BCUT2D eigenvalue weighted by atomic mass is 9.59. The quantitative estimate of drug-likeness (QED) is 0.608. The number of hydrogen-bond donors (Lipinski definition) is 1. The molecular weight excluding hydrogens is 328 g/mol. The first-order valence-corrected chi connectivity index (χ1v) is 9.73. The van der Waals surface area contributed by atoms with Crippen LogP contribution >= 0.6 is 0 Å². The van der Waals surface area contributed by atoms with E-state index in [1.54, 1.807) is 0 Å². The largest absolute Gasteiger partial charge is 0.461 e. The molecule has 2 bridgehead atoms. The van der Waals surface area contributed by atoms with Gasteiger partial charge < -0.3 is 14.6 Å². The molecule has 5 atom stereocenters. The average molecular weight is 360 g/mol. The van der Waals surface area contributed by atoms with Gasteiger partial charge in [0.25, 0.3) is 0 Å². The van der Waals surface area contributed by atoms with Crippen LogP contribution < -0.4 is 0 Å². The van der Waals surface area contributed by atoms with Gasteiger partial charge in [-0.3, -0.25) is 4.79 Å². The number of esters is 1. The summed E-state index contributed by atoms with van der Waals surface area (Å²) in [5.41, 5.74) is 2.23. The van der Waals surface area contributed by atoms with E-state index in [0.29, 0.717) is 12.8 Å². The van der Waals surface area contributed by atoms with Gasteiger partial charge in [0.2, 0.25) is 0 Å². The van der Waals surface area contributed by atoms with Crippen LogP contribution in [0, 0.1) is 11.8 Å². The molecule has 5 unspecified atom stereocenters. The van der Waals surface area contributed by atoms with Crippen LogP contribution in [0.4, 0.5) is 0 Å². The molecule has 3 rings (SSSR count). The van der Waals surface area contributed by atoms with Gasteiger partial charge in [-0.2, -0.15) is 0 Å². The fourth-order valence-electron chi connectivity index (χ4n) is 5.17. The third kappa shape index (κ3) is 3.29. The maximum absolute atomic E-state index is 11.3. The van der Waals surface area contributed by atoms with E-state index in [0.717, 1.165) is 36.8 Å². The standard InChI is InChI=1S/C22H32O4/c1-14(2)18-8-6-15(3)19-10-11-21(5)20(24)9-7-17(13-25-16(4)23)12-22(18,19)26-21/h12,18-20,24H,1,3,6-11,13H2,2,4-5H3/b17-12+. The number of hydrogen-bond acceptors (Lipinski definition) is 4. The normalized spacial score (nSPS) is 41.9. The summed E-state index contributed by atoms with van der Waals surface area (Å²) in [4.78, 5) is 11.3. The van der Waals surface area contributed by atoms with Gasteiger partial charge in [0.15, 0.2) is 0 Å². The van der Waals surface area contributed by atoms with Crippen molar-refractivity contribution in [2.45, 2.75) is 76.6 Å². The Kier molecular flexibility index (Phi) is 5.19. The Balaban J connectivity index is 2.10. The summed E-state index contributed by atoms with van der Waals surface area (Å²) in [5.74, 6) is 0.0976. The van der Waals surface area contributed by atoms with E-state index < -0.39 is 17.3 Å². The topological polar surface area (TPSA) is 55.8 Å². The molecule has 4 nitrogen and oxygen atoms in total. The third-order valence-electron chi connectivity index (χ3n) is 6.60. The van der Waals surface area contributed by atoms with E-state index in [1.807, 2.05) is 6.92 Å². The minimum atomic E-state index is -0.564. The molecule has 2 heterocycles. The van der Waals surface area contributed by atoms with Gasteiger partial charge in [-0.1, -0.05) is 24.3 Å². The average Bonchev–Trinajstić information content (AvgIpc) is 2.55. The summed E-state index contributed by atoms with van der Waals surface area (Å²) in [6, 6.07) is 0. The summed E-state index contributed by atoms with van der Waals surface area (Å²) in [6.45, 7) is 14.4. The molecule has 0 aromatic carbocycles. The highest BCUT2D eigenvalue weighted by atomic mass is 16.5. The van der Waals surface area contributed by atoms with Crippen LogP contribution in [0.15, 0.2) is 36.0 Å². The smallest absolute Gasteiger partial charge is 0.302 e. The predicted molar refractivity (Wildman–Crippen MR) is 102 cm³/mol. The molecule has 0 amide bonds. The zero-order valence-electron chi connectivity index (χ0n) is 16.3. The van der Waals surface area contributed by atoms with Crippen LogP contribution in [0.25, 0.3) is 0 Å². The first-order valence-electron chi connectivity index (χ1n) is 9.73. The summed E-state index contributed by atoms with van der Waals surface area (Å²) < 4.78 is 12.1. The minimum absolute atomic E-state index is 0.176. The number of fused-ring (bicyclic) bond motifs is 1. The molecule has 2 aliphatic heterocycles. The molecule has 0 radical (unpaired) electrons. The predicted octanol–water partition coefficient (Wildman–Crippen LogP) is 4.10. The van der Waals surface area contributed by atoms with Gasteiger partial charge in [0, 0.05) is 18.8 Å². The van der Waals surface area contributed by atoms with Gasteiger partial charge in [0.05, 0.1) is 11.7 Å². The van der Waals surface area contributed by atoms with Crippen LogP contribution in [-0.2, 0) is 14.3 Å². The maximum atomic E-state index is 11.3. The van der Waals surface area contributed by atoms with Gasteiger partial charge in [-0.25, -0.2) is 0 Å². The van der Waals surface area contributed by atoms with Gasteiger partial charge in [-0.05, 0) is 64.0 Å². The van der Waals surface area contributed by atoms with Crippen molar-refractivity contribution in [3.05, 3.63) is 36.0 Å². The highest BCUT2D eigenvalue weighted by Crippen LogP contribution is 2.56. The Hall–Kier alpha value is -1.39. The molecule has 0 aromatic rings. The summed E-state index contributed by atoms with van der Waals surface area (Å²) in [6.07, 6.45) is 6.70. The minimum Gasteiger partial charge on any atom is -0.461 e. The molecule has 144 valence electrons. The van der Waals surface area contributed by atoms with Crippen LogP contribution in [0.2, 0.25) is 0 Å². The van der Waals surface area contributed by atoms with Crippen molar-refractivity contribution in [1.82, 2.24) is 0 Å². The Morgan fingerprint density at radius 3 is 2.73 bits per heavy atom. The van der Waals surface area contributed by atoms with Crippen LogP contribution in [0.1, 0.15) is 59.3 Å². The van der Waals surface area contributed by atoms with Crippen molar-refractivity contribution >= 4 is 5.97 Å². The number of carbonyl (C=O) groups is 1. The lowest BCUT2D eigenvalue weighted by molar-refractivity contribution is -0.241. The van der Waals surface area contributed by atoms with E-state index in [-0.39, 0.29) is 24.4 Å². The molecule has 2 fully saturated rings. The SMILES string of the molecule is C=C(C)C1CCC(=C)C2CCC3(C)OC12/C=C(/COC(C)=O)CCC3O. The molecular formula is C22H32O4. The van der Waals surface area contributed by atoms with Crippen LogP contribution in [-0.4, -0.2) is 35.0 Å². The van der Waals surface area contributed by atoms with Crippen molar-refractivity contribution < 1.29 is 19.4 Å². The molecule has 4 heteroatoms. The summed E-state index contributed by atoms with van der Waals surface area (Å²) in [7, 11) is 0. The number of ether oxygens (including phenoxy) is 2. The molecule has 1 saturated carbocycles. The van der Waals surface area contributed by atoms with Crippen molar-refractivity contribution in [1.29, 1.82) is 0 Å². The first kappa shape index (κ1) is 19.4. The lowest BCUT2D eigenvalue weighted by Gasteiger charge is -2.58. The van der Waals surface area contributed by atoms with E-state index in [1.165, 1.54) is 12.5 Å².